The Balaban J connectivity index is 2.00. The number of rotatable bonds is 3. The molecule has 2 N–H and O–H groups in total. The van der Waals surface area contributed by atoms with Crippen molar-refractivity contribution in [2.75, 3.05) is 11.4 Å². The molecule has 2 nitrogen and oxygen atoms in total. The molecule has 1 aromatic carbocycles. The minimum absolute atomic E-state index is 0.301. The first-order chi connectivity index (χ1) is 8.81. The highest BCUT2D eigenvalue weighted by Crippen LogP contribution is 2.38. The number of benzene rings is 1. The number of thiophene rings is 1. The van der Waals surface area contributed by atoms with Crippen molar-refractivity contribution < 1.29 is 0 Å². The second-order valence-corrected chi connectivity index (χ2v) is 5.68. The fourth-order valence-corrected chi connectivity index (χ4v) is 3.65. The second-order valence-electron chi connectivity index (χ2n) is 4.90. The van der Waals surface area contributed by atoms with Gasteiger partial charge in [-0.05, 0) is 47.4 Å². The number of hydrogen-bond acceptors (Lipinski definition) is 3. The molecule has 0 bridgehead atoms. The SMILES string of the molecule is CC1Cc2ccccc2N1C(CN)c1ccsc1. The van der Waals surface area contributed by atoms with Crippen LogP contribution in [0, 0.1) is 0 Å². The van der Waals surface area contributed by atoms with Crippen LogP contribution in [0.25, 0.3) is 0 Å². The summed E-state index contributed by atoms with van der Waals surface area (Å²) in [6.45, 7) is 2.95. The van der Waals surface area contributed by atoms with Gasteiger partial charge in [-0.3, -0.25) is 0 Å². The van der Waals surface area contributed by atoms with Crippen molar-refractivity contribution in [1.29, 1.82) is 0 Å². The van der Waals surface area contributed by atoms with E-state index < -0.39 is 0 Å². The van der Waals surface area contributed by atoms with Gasteiger partial charge < -0.3 is 10.6 Å². The molecule has 94 valence electrons. The van der Waals surface area contributed by atoms with Gasteiger partial charge in [0.25, 0.3) is 0 Å². The van der Waals surface area contributed by atoms with Crippen molar-refractivity contribution in [1.82, 2.24) is 0 Å². The molecule has 3 rings (SSSR count). The summed E-state index contributed by atoms with van der Waals surface area (Å²) in [5, 5.41) is 4.34. The third-order valence-electron chi connectivity index (χ3n) is 3.75. The van der Waals surface area contributed by atoms with Crippen LogP contribution in [0.2, 0.25) is 0 Å². The Bertz CT molecular complexity index is 521. The van der Waals surface area contributed by atoms with Crippen molar-refractivity contribution in [3.63, 3.8) is 0 Å². The number of hydrogen-bond donors (Lipinski definition) is 1. The molecule has 2 unspecified atom stereocenters. The Hall–Kier alpha value is -1.32. The smallest absolute Gasteiger partial charge is 0.0676 e. The molecule has 0 radical (unpaired) electrons. The predicted octanol–water partition coefficient (Wildman–Crippen LogP) is 3.20. The van der Waals surface area contributed by atoms with Gasteiger partial charge in [0.15, 0.2) is 0 Å². The molecule has 0 saturated heterocycles. The summed E-state index contributed by atoms with van der Waals surface area (Å²) in [6.07, 6.45) is 1.12. The van der Waals surface area contributed by atoms with Gasteiger partial charge in [-0.25, -0.2) is 0 Å². The summed E-state index contributed by atoms with van der Waals surface area (Å²) in [4.78, 5) is 2.48. The standard InChI is InChI=1S/C15H18N2S/c1-11-8-12-4-2-3-5-14(12)17(11)15(9-16)13-6-7-18-10-13/h2-7,10-11,15H,8-9,16H2,1H3. The molecule has 0 fully saturated rings. The van der Waals surface area contributed by atoms with Crippen molar-refractivity contribution in [2.45, 2.75) is 25.4 Å². The summed E-state index contributed by atoms with van der Waals surface area (Å²) >= 11 is 1.74. The Kier molecular flexibility index (Phi) is 3.10. The van der Waals surface area contributed by atoms with Crippen molar-refractivity contribution in [2.24, 2.45) is 5.73 Å². The lowest BCUT2D eigenvalue weighted by Gasteiger charge is -2.33. The minimum atomic E-state index is 0.301. The van der Waals surface area contributed by atoms with Crippen LogP contribution < -0.4 is 10.6 Å². The first-order valence-electron chi connectivity index (χ1n) is 6.39. The zero-order chi connectivity index (χ0) is 12.5. The number of para-hydroxylation sites is 1. The number of nitrogens with two attached hydrogens (primary N) is 1. The largest absolute Gasteiger partial charge is 0.360 e. The van der Waals surface area contributed by atoms with Crippen LogP contribution in [0.3, 0.4) is 0 Å². The van der Waals surface area contributed by atoms with Crippen LogP contribution in [0.15, 0.2) is 41.1 Å². The number of anilines is 1. The quantitative estimate of drug-likeness (QED) is 0.916. The fraction of sp³-hybridized carbons (Fsp3) is 0.333. The average Bonchev–Trinajstić information content (AvgIpc) is 2.99. The zero-order valence-corrected chi connectivity index (χ0v) is 11.4. The highest BCUT2D eigenvalue weighted by atomic mass is 32.1. The zero-order valence-electron chi connectivity index (χ0n) is 10.5. The monoisotopic (exact) mass is 258 g/mol. The van der Waals surface area contributed by atoms with Gasteiger partial charge in [0, 0.05) is 18.3 Å². The summed E-state index contributed by atoms with van der Waals surface area (Å²) in [5.74, 6) is 0. The normalized spacial score (nSPS) is 19.9. The molecule has 18 heavy (non-hydrogen) atoms. The third kappa shape index (κ3) is 1.84. The number of fused-ring (bicyclic) bond motifs is 1. The molecule has 0 aliphatic carbocycles. The molecular weight excluding hydrogens is 240 g/mol. The predicted molar refractivity (Wildman–Crippen MR) is 78.2 cm³/mol. The van der Waals surface area contributed by atoms with E-state index in [1.807, 2.05) is 0 Å². The molecule has 0 spiro atoms. The summed E-state index contributed by atoms with van der Waals surface area (Å²) in [7, 11) is 0. The van der Waals surface area contributed by atoms with Crippen molar-refractivity contribution in [3.8, 4) is 0 Å². The topological polar surface area (TPSA) is 29.3 Å². The van der Waals surface area contributed by atoms with Crippen LogP contribution >= 0.6 is 11.3 Å². The molecule has 2 aromatic rings. The van der Waals surface area contributed by atoms with Gasteiger partial charge in [0.2, 0.25) is 0 Å². The molecule has 2 atom stereocenters. The van der Waals surface area contributed by atoms with Crippen LogP contribution in [0.5, 0.6) is 0 Å². The van der Waals surface area contributed by atoms with E-state index in [2.05, 4.69) is 52.9 Å². The first kappa shape index (κ1) is 11.8. The molecule has 2 heterocycles. The third-order valence-corrected chi connectivity index (χ3v) is 4.45. The van der Waals surface area contributed by atoms with E-state index in [0.29, 0.717) is 18.6 Å². The van der Waals surface area contributed by atoms with E-state index >= 15 is 0 Å². The molecular formula is C15H18N2S. The van der Waals surface area contributed by atoms with E-state index in [1.165, 1.54) is 16.8 Å². The summed E-state index contributed by atoms with van der Waals surface area (Å²) in [6, 6.07) is 11.7. The lowest BCUT2D eigenvalue weighted by atomic mass is 10.1. The molecule has 1 aliphatic heterocycles. The van der Waals surface area contributed by atoms with E-state index in [-0.39, 0.29) is 0 Å². The van der Waals surface area contributed by atoms with Crippen LogP contribution in [-0.4, -0.2) is 12.6 Å². The molecule has 0 saturated carbocycles. The Morgan fingerprint density at radius 3 is 2.94 bits per heavy atom. The van der Waals surface area contributed by atoms with Gasteiger partial charge in [0.05, 0.1) is 6.04 Å². The van der Waals surface area contributed by atoms with Gasteiger partial charge in [-0.15, -0.1) is 0 Å². The average molecular weight is 258 g/mol. The number of nitrogens with zero attached hydrogens (tertiary/aromatic N) is 1. The highest BCUT2D eigenvalue weighted by molar-refractivity contribution is 7.08. The summed E-state index contributed by atoms with van der Waals surface area (Å²) < 4.78 is 0. The fourth-order valence-electron chi connectivity index (χ4n) is 2.94. The van der Waals surface area contributed by atoms with Crippen molar-refractivity contribution in [3.05, 3.63) is 52.2 Å². The van der Waals surface area contributed by atoms with E-state index in [4.69, 9.17) is 5.73 Å². The maximum atomic E-state index is 6.03. The summed E-state index contributed by atoms with van der Waals surface area (Å²) in [5.41, 5.74) is 10.2. The molecule has 3 heteroatoms. The first-order valence-corrected chi connectivity index (χ1v) is 7.34. The van der Waals surface area contributed by atoms with Crippen LogP contribution in [-0.2, 0) is 6.42 Å². The lowest BCUT2D eigenvalue weighted by molar-refractivity contribution is 0.570. The maximum absolute atomic E-state index is 6.03. The van der Waals surface area contributed by atoms with Crippen LogP contribution in [0.1, 0.15) is 24.1 Å². The van der Waals surface area contributed by atoms with Gasteiger partial charge >= 0.3 is 0 Å². The molecule has 1 aliphatic rings. The minimum Gasteiger partial charge on any atom is -0.360 e. The maximum Gasteiger partial charge on any atom is 0.0676 e. The Labute approximate surface area is 112 Å². The van der Waals surface area contributed by atoms with Crippen molar-refractivity contribution >= 4 is 17.0 Å². The van der Waals surface area contributed by atoms with Crippen LogP contribution in [0.4, 0.5) is 5.69 Å². The molecule has 1 aromatic heterocycles. The van der Waals surface area contributed by atoms with E-state index in [0.717, 1.165) is 6.42 Å². The van der Waals surface area contributed by atoms with Gasteiger partial charge in [-0.1, -0.05) is 18.2 Å². The highest BCUT2D eigenvalue weighted by Gasteiger charge is 2.31. The molecule has 0 amide bonds. The van der Waals surface area contributed by atoms with Gasteiger partial charge in [0.1, 0.15) is 0 Å². The lowest BCUT2D eigenvalue weighted by Crippen LogP contribution is -2.37. The van der Waals surface area contributed by atoms with E-state index in [9.17, 15) is 0 Å². The second kappa shape index (κ2) is 4.75. The Morgan fingerprint density at radius 2 is 2.22 bits per heavy atom. The van der Waals surface area contributed by atoms with Gasteiger partial charge in [-0.2, -0.15) is 11.3 Å². The Morgan fingerprint density at radius 1 is 1.39 bits per heavy atom. The van der Waals surface area contributed by atoms with E-state index in [1.54, 1.807) is 11.3 Å².